The number of carbonyl (C=O) groups is 2. The molecule has 0 aliphatic carbocycles. The third-order valence-corrected chi connectivity index (χ3v) is 5.15. The lowest BCUT2D eigenvalue weighted by atomic mass is 10.0. The highest BCUT2D eigenvalue weighted by molar-refractivity contribution is 5.95. The van der Waals surface area contributed by atoms with Gasteiger partial charge in [0.25, 0.3) is 0 Å². The summed E-state index contributed by atoms with van der Waals surface area (Å²) in [6.07, 6.45) is 1.22. The molecule has 1 aromatic heterocycles. The number of Topliss-reactive ketones (excluding diaryl/α,β-unsaturated/α-hetero) is 1. The van der Waals surface area contributed by atoms with Crippen molar-refractivity contribution < 1.29 is 28.2 Å². The van der Waals surface area contributed by atoms with Crippen LogP contribution in [0.4, 0.5) is 8.78 Å². The number of aliphatic hydroxyl groups excluding tert-OH is 1. The van der Waals surface area contributed by atoms with E-state index in [-0.39, 0.29) is 18.2 Å². The molecule has 1 heterocycles. The zero-order valence-corrected chi connectivity index (χ0v) is 19.2. The fraction of sp³-hybridized carbons (Fsp3) is 0.269. The third kappa shape index (κ3) is 6.02. The first-order valence-corrected chi connectivity index (χ1v) is 10.8. The molecule has 0 bridgehead atoms. The number of halogens is 2. The van der Waals surface area contributed by atoms with E-state index in [0.29, 0.717) is 28.3 Å². The molecule has 1 atom stereocenters. The van der Waals surface area contributed by atoms with Crippen molar-refractivity contribution in [2.24, 2.45) is 0 Å². The van der Waals surface area contributed by atoms with Crippen LogP contribution in [0.1, 0.15) is 38.4 Å². The molecule has 3 rings (SSSR count). The Morgan fingerprint density at radius 2 is 1.59 bits per heavy atom. The highest BCUT2D eigenvalue weighted by Gasteiger charge is 2.21. The molecule has 3 aromatic rings. The average molecular weight is 469 g/mol. The van der Waals surface area contributed by atoms with Gasteiger partial charge in [0.05, 0.1) is 24.6 Å². The van der Waals surface area contributed by atoms with Gasteiger partial charge in [-0.05, 0) is 54.6 Å². The SMILES string of the molecule is COC(=O)CC(=O)CC(O)C=Cn1c(C(C)C)nc(-c2ccc(F)cc2)c1-c1ccc(F)cc1. The molecule has 34 heavy (non-hydrogen) atoms. The molecule has 0 saturated heterocycles. The van der Waals surface area contributed by atoms with Crippen LogP contribution in [0.2, 0.25) is 0 Å². The van der Waals surface area contributed by atoms with E-state index >= 15 is 0 Å². The second kappa shape index (κ2) is 11.0. The molecule has 1 unspecified atom stereocenters. The molecule has 0 radical (unpaired) electrons. The summed E-state index contributed by atoms with van der Waals surface area (Å²) in [7, 11) is 1.19. The molecule has 0 saturated carbocycles. The maximum Gasteiger partial charge on any atom is 0.313 e. The van der Waals surface area contributed by atoms with E-state index in [4.69, 9.17) is 4.98 Å². The molecule has 0 amide bonds. The van der Waals surface area contributed by atoms with Crippen molar-refractivity contribution in [3.05, 3.63) is 72.1 Å². The van der Waals surface area contributed by atoms with E-state index in [1.54, 1.807) is 35.0 Å². The second-order valence-corrected chi connectivity index (χ2v) is 8.11. The van der Waals surface area contributed by atoms with Crippen LogP contribution >= 0.6 is 0 Å². The van der Waals surface area contributed by atoms with E-state index in [9.17, 15) is 23.5 Å². The van der Waals surface area contributed by atoms with Gasteiger partial charge in [-0.25, -0.2) is 13.8 Å². The monoisotopic (exact) mass is 468 g/mol. The Kier molecular flexibility index (Phi) is 8.07. The fourth-order valence-electron chi connectivity index (χ4n) is 3.49. The Bertz CT molecular complexity index is 1180. The van der Waals surface area contributed by atoms with Gasteiger partial charge in [0.2, 0.25) is 0 Å². The summed E-state index contributed by atoms with van der Waals surface area (Å²) in [5.74, 6) is -1.27. The number of rotatable bonds is 9. The van der Waals surface area contributed by atoms with E-state index < -0.39 is 30.1 Å². The van der Waals surface area contributed by atoms with Crippen molar-refractivity contribution in [1.29, 1.82) is 0 Å². The minimum atomic E-state index is -1.14. The van der Waals surface area contributed by atoms with E-state index in [0.717, 1.165) is 0 Å². The summed E-state index contributed by atoms with van der Waals surface area (Å²) in [4.78, 5) is 28.0. The lowest BCUT2D eigenvalue weighted by molar-refractivity contribution is -0.143. The van der Waals surface area contributed by atoms with Gasteiger partial charge in [0.1, 0.15) is 29.7 Å². The first-order valence-electron chi connectivity index (χ1n) is 10.8. The summed E-state index contributed by atoms with van der Waals surface area (Å²) in [5.41, 5.74) is 2.53. The minimum Gasteiger partial charge on any atom is -0.469 e. The molecule has 0 fully saturated rings. The fourth-order valence-corrected chi connectivity index (χ4v) is 3.49. The van der Waals surface area contributed by atoms with Crippen molar-refractivity contribution in [2.45, 2.75) is 38.7 Å². The standard InChI is InChI=1S/C26H26F2N2O4/c1-16(2)26-29-24(17-4-8-19(27)9-5-17)25(18-6-10-20(28)11-7-18)30(26)13-12-21(31)14-22(32)15-23(33)34-3/h4-13,16,21,31H,14-15H2,1-3H3. The lowest BCUT2D eigenvalue weighted by Gasteiger charge is -2.12. The second-order valence-electron chi connectivity index (χ2n) is 8.11. The molecule has 1 N–H and O–H groups in total. The molecule has 178 valence electrons. The Balaban J connectivity index is 2.06. The summed E-state index contributed by atoms with van der Waals surface area (Å²) in [5, 5.41) is 10.4. The van der Waals surface area contributed by atoms with Crippen molar-refractivity contribution in [3.63, 3.8) is 0 Å². The molecule has 8 heteroatoms. The van der Waals surface area contributed by atoms with E-state index in [1.165, 1.54) is 37.5 Å². The number of carbonyl (C=O) groups excluding carboxylic acids is 2. The van der Waals surface area contributed by atoms with Gasteiger partial charge in [-0.1, -0.05) is 13.8 Å². The van der Waals surface area contributed by atoms with Crippen molar-refractivity contribution >= 4 is 18.0 Å². The van der Waals surface area contributed by atoms with Crippen molar-refractivity contribution in [1.82, 2.24) is 9.55 Å². The van der Waals surface area contributed by atoms with Crippen LogP contribution < -0.4 is 0 Å². The van der Waals surface area contributed by atoms with Crippen LogP contribution in [-0.2, 0) is 14.3 Å². The number of imidazole rings is 1. The van der Waals surface area contributed by atoms with E-state index in [1.807, 2.05) is 13.8 Å². The lowest BCUT2D eigenvalue weighted by Crippen LogP contribution is -2.15. The van der Waals surface area contributed by atoms with Gasteiger partial charge in [0.15, 0.2) is 0 Å². The quantitative estimate of drug-likeness (QED) is 0.354. The predicted octanol–water partition coefficient (Wildman–Crippen LogP) is 4.97. The number of benzene rings is 2. The Labute approximate surface area is 196 Å². The Morgan fingerprint density at radius 1 is 1.03 bits per heavy atom. The molecule has 2 aromatic carbocycles. The normalized spacial score (nSPS) is 12.3. The topological polar surface area (TPSA) is 81.4 Å². The van der Waals surface area contributed by atoms with Crippen LogP contribution in [0.25, 0.3) is 28.7 Å². The minimum absolute atomic E-state index is 0.0313. The van der Waals surface area contributed by atoms with Crippen LogP contribution in [0, 0.1) is 11.6 Å². The number of nitrogens with zero attached hydrogens (tertiary/aromatic N) is 2. The van der Waals surface area contributed by atoms with Gasteiger partial charge in [-0.3, -0.25) is 9.59 Å². The highest BCUT2D eigenvalue weighted by atomic mass is 19.1. The Morgan fingerprint density at radius 3 is 2.12 bits per heavy atom. The zero-order chi connectivity index (χ0) is 24.8. The molecular weight excluding hydrogens is 442 g/mol. The Hall–Kier alpha value is -3.65. The largest absolute Gasteiger partial charge is 0.469 e. The van der Waals surface area contributed by atoms with Gasteiger partial charge >= 0.3 is 5.97 Å². The van der Waals surface area contributed by atoms with Crippen LogP contribution in [0.5, 0.6) is 0 Å². The average Bonchev–Trinajstić information content (AvgIpc) is 3.18. The smallest absolute Gasteiger partial charge is 0.313 e. The first kappa shape index (κ1) is 25.0. The summed E-state index contributed by atoms with van der Waals surface area (Å²) < 4.78 is 33.4. The number of ketones is 1. The van der Waals surface area contributed by atoms with Gasteiger partial charge in [-0.2, -0.15) is 0 Å². The number of esters is 1. The molecule has 0 aliphatic heterocycles. The number of hydrogen-bond donors (Lipinski definition) is 1. The highest BCUT2D eigenvalue weighted by Crippen LogP contribution is 2.35. The maximum atomic E-state index is 13.6. The summed E-state index contributed by atoms with van der Waals surface area (Å²) in [6, 6.07) is 11.8. The van der Waals surface area contributed by atoms with Crippen LogP contribution in [0.3, 0.4) is 0 Å². The van der Waals surface area contributed by atoms with E-state index in [2.05, 4.69) is 4.74 Å². The number of aromatic nitrogens is 2. The van der Waals surface area contributed by atoms with Crippen molar-refractivity contribution in [3.8, 4) is 22.5 Å². The van der Waals surface area contributed by atoms with Crippen molar-refractivity contribution in [2.75, 3.05) is 7.11 Å². The number of hydrogen-bond acceptors (Lipinski definition) is 5. The summed E-state index contributed by atoms with van der Waals surface area (Å²) >= 11 is 0. The number of methoxy groups -OCH3 is 1. The van der Waals surface area contributed by atoms with Crippen LogP contribution in [-0.4, -0.2) is 39.6 Å². The van der Waals surface area contributed by atoms with Gasteiger partial charge in [-0.15, -0.1) is 0 Å². The number of aliphatic hydroxyl groups is 1. The van der Waals surface area contributed by atoms with Gasteiger partial charge < -0.3 is 14.4 Å². The summed E-state index contributed by atoms with van der Waals surface area (Å²) in [6.45, 7) is 3.90. The number of ether oxygens (including phenoxy) is 1. The predicted molar refractivity (Wildman–Crippen MR) is 125 cm³/mol. The molecule has 0 aliphatic rings. The molecular formula is C26H26F2N2O4. The third-order valence-electron chi connectivity index (χ3n) is 5.15. The first-order chi connectivity index (χ1) is 16.2. The van der Waals surface area contributed by atoms with Crippen LogP contribution in [0.15, 0.2) is 54.6 Å². The zero-order valence-electron chi connectivity index (χ0n) is 19.2. The maximum absolute atomic E-state index is 13.6. The molecule has 0 spiro atoms. The molecule has 6 nitrogen and oxygen atoms in total. The van der Waals surface area contributed by atoms with Gasteiger partial charge in [0, 0.05) is 29.7 Å².